The molecule has 0 unspecified atom stereocenters. The van der Waals surface area contributed by atoms with Crippen LogP contribution < -0.4 is 0 Å². The van der Waals surface area contributed by atoms with Crippen LogP contribution in [0.25, 0.3) is 0 Å². The van der Waals surface area contributed by atoms with Crippen LogP contribution in [0.15, 0.2) is 0 Å². The Labute approximate surface area is 85.2 Å². The van der Waals surface area contributed by atoms with E-state index in [1.54, 1.807) is 4.90 Å². The van der Waals surface area contributed by atoms with Crippen LogP contribution in [0, 0.1) is 0 Å². The molecule has 4 nitrogen and oxygen atoms in total. The molecule has 2 aliphatic rings. The maximum atomic E-state index is 10.4. The maximum Gasteiger partial charge on any atom is 0.209 e. The normalized spacial score (nSPS) is 24.3. The topological polar surface area (TPSA) is 38.8 Å². The molecule has 0 saturated carbocycles. The summed E-state index contributed by atoms with van der Waals surface area (Å²) in [7, 11) is 0. The van der Waals surface area contributed by atoms with E-state index in [2.05, 4.69) is 0 Å². The van der Waals surface area contributed by atoms with Crippen LogP contribution in [0.5, 0.6) is 0 Å². The van der Waals surface area contributed by atoms with Crippen LogP contribution in [0.4, 0.5) is 0 Å². The minimum absolute atomic E-state index is 0.348. The van der Waals surface area contributed by atoms with Crippen LogP contribution in [0.1, 0.15) is 26.7 Å². The van der Waals surface area contributed by atoms with Gasteiger partial charge >= 0.3 is 0 Å². The summed E-state index contributed by atoms with van der Waals surface area (Å²) in [4.78, 5) is 12.2. The molecule has 2 aliphatic heterocycles. The van der Waals surface area contributed by atoms with Gasteiger partial charge in [-0.2, -0.15) is 0 Å². The lowest BCUT2D eigenvalue weighted by Crippen LogP contribution is -2.44. The first-order valence-electron chi connectivity index (χ1n) is 5.32. The van der Waals surface area contributed by atoms with Crippen molar-refractivity contribution in [2.45, 2.75) is 32.5 Å². The van der Waals surface area contributed by atoms with Crippen LogP contribution in [0.2, 0.25) is 0 Å². The molecule has 82 valence electrons. The van der Waals surface area contributed by atoms with Gasteiger partial charge in [-0.15, -0.1) is 0 Å². The summed E-state index contributed by atoms with van der Waals surface area (Å²) in [5, 5.41) is 0. The van der Waals surface area contributed by atoms with Crippen molar-refractivity contribution in [1.29, 1.82) is 0 Å². The summed E-state index contributed by atoms with van der Waals surface area (Å²) < 4.78 is 11.0. The number of hydrogen-bond acceptors (Lipinski definition) is 3. The molecular formula is C10H19NO3. The van der Waals surface area contributed by atoms with Crippen molar-refractivity contribution in [2.75, 3.05) is 26.3 Å². The molecule has 1 spiro atoms. The smallest absolute Gasteiger partial charge is 0.209 e. The van der Waals surface area contributed by atoms with Gasteiger partial charge in [0.05, 0.1) is 13.2 Å². The average Bonchev–Trinajstić information content (AvgIpc) is 2.71. The molecular weight excluding hydrogens is 182 g/mol. The molecule has 0 aromatic rings. The van der Waals surface area contributed by atoms with Crippen LogP contribution >= 0.6 is 0 Å². The Morgan fingerprint density at radius 3 is 2.07 bits per heavy atom. The van der Waals surface area contributed by atoms with Crippen LogP contribution in [-0.4, -0.2) is 43.4 Å². The zero-order chi connectivity index (χ0) is 10.4. The van der Waals surface area contributed by atoms with Gasteiger partial charge < -0.3 is 14.4 Å². The molecule has 0 N–H and O–H groups in total. The molecule has 0 atom stereocenters. The molecule has 0 aromatic heterocycles. The highest BCUT2D eigenvalue weighted by Gasteiger charge is 2.39. The number of likely N-dealkylation sites (tertiary alicyclic amines) is 1. The molecule has 1 amide bonds. The predicted octanol–water partition coefficient (Wildman–Crippen LogP) is 1.01. The van der Waals surface area contributed by atoms with Crippen molar-refractivity contribution in [1.82, 2.24) is 4.90 Å². The van der Waals surface area contributed by atoms with Gasteiger partial charge in [0, 0.05) is 25.9 Å². The highest BCUT2D eigenvalue weighted by molar-refractivity contribution is 5.47. The Balaban J connectivity index is 0.000000461. The molecule has 14 heavy (non-hydrogen) atoms. The molecule has 0 aromatic carbocycles. The Morgan fingerprint density at radius 1 is 1.14 bits per heavy atom. The summed E-state index contributed by atoms with van der Waals surface area (Å²) in [6.45, 7) is 6.90. The fraction of sp³-hybridized carbons (Fsp3) is 0.900. The summed E-state index contributed by atoms with van der Waals surface area (Å²) in [5.74, 6) is -0.348. The Bertz CT molecular complexity index is 168. The van der Waals surface area contributed by atoms with Crippen LogP contribution in [0.3, 0.4) is 0 Å². The standard InChI is InChI=1S/C8H13NO3.C2H6/c10-7-9-3-1-8(2-4-9)11-5-6-12-8;1-2/h7H,1-6H2;1-2H3. The highest BCUT2D eigenvalue weighted by Crippen LogP contribution is 2.30. The lowest BCUT2D eigenvalue weighted by molar-refractivity contribution is -0.184. The van der Waals surface area contributed by atoms with Crippen molar-refractivity contribution < 1.29 is 14.3 Å². The SMILES string of the molecule is CC.O=CN1CCC2(CC1)OCCO2. The van der Waals surface area contributed by atoms with E-state index in [0.717, 1.165) is 32.3 Å². The zero-order valence-corrected chi connectivity index (χ0v) is 8.99. The van der Waals surface area contributed by atoms with Crippen molar-refractivity contribution in [3.8, 4) is 0 Å². The number of hydrogen-bond donors (Lipinski definition) is 0. The van der Waals surface area contributed by atoms with Gasteiger partial charge in [-0.25, -0.2) is 0 Å². The van der Waals surface area contributed by atoms with E-state index in [1.165, 1.54) is 0 Å². The molecule has 2 heterocycles. The summed E-state index contributed by atoms with van der Waals surface area (Å²) in [5.41, 5.74) is 0. The monoisotopic (exact) mass is 201 g/mol. The van der Waals surface area contributed by atoms with Gasteiger partial charge in [-0.05, 0) is 0 Å². The van der Waals surface area contributed by atoms with Crippen molar-refractivity contribution in [2.24, 2.45) is 0 Å². The van der Waals surface area contributed by atoms with E-state index in [-0.39, 0.29) is 5.79 Å². The van der Waals surface area contributed by atoms with E-state index in [9.17, 15) is 4.79 Å². The molecule has 2 saturated heterocycles. The summed E-state index contributed by atoms with van der Waals surface area (Å²) in [6.07, 6.45) is 2.51. The minimum atomic E-state index is -0.348. The van der Waals surface area contributed by atoms with E-state index < -0.39 is 0 Å². The number of nitrogens with zero attached hydrogens (tertiary/aromatic N) is 1. The molecule has 2 rings (SSSR count). The second kappa shape index (κ2) is 5.32. The first-order valence-corrected chi connectivity index (χ1v) is 5.32. The zero-order valence-electron chi connectivity index (χ0n) is 8.99. The second-order valence-corrected chi connectivity index (χ2v) is 3.25. The molecule has 0 bridgehead atoms. The van der Waals surface area contributed by atoms with E-state index >= 15 is 0 Å². The number of amides is 1. The summed E-state index contributed by atoms with van der Waals surface area (Å²) in [6, 6.07) is 0. The third-order valence-electron chi connectivity index (χ3n) is 2.52. The third-order valence-corrected chi connectivity index (χ3v) is 2.52. The predicted molar refractivity (Wildman–Crippen MR) is 52.9 cm³/mol. The first kappa shape index (κ1) is 11.5. The summed E-state index contributed by atoms with van der Waals surface area (Å²) >= 11 is 0. The van der Waals surface area contributed by atoms with Gasteiger partial charge in [0.15, 0.2) is 5.79 Å². The molecule has 2 fully saturated rings. The number of carbonyl (C=O) groups is 1. The lowest BCUT2D eigenvalue weighted by atomic mass is 10.0. The molecule has 0 aliphatic carbocycles. The number of piperidine rings is 1. The van der Waals surface area contributed by atoms with Gasteiger partial charge in [0.1, 0.15) is 0 Å². The Kier molecular flexibility index (Phi) is 4.35. The lowest BCUT2D eigenvalue weighted by Gasteiger charge is -2.35. The highest BCUT2D eigenvalue weighted by atomic mass is 16.7. The van der Waals surface area contributed by atoms with Gasteiger partial charge in [0.2, 0.25) is 6.41 Å². The fourth-order valence-electron chi connectivity index (χ4n) is 1.76. The number of ether oxygens (including phenoxy) is 2. The van der Waals surface area contributed by atoms with E-state index in [0.29, 0.717) is 13.2 Å². The van der Waals surface area contributed by atoms with Gasteiger partial charge in [-0.3, -0.25) is 4.79 Å². The van der Waals surface area contributed by atoms with E-state index in [4.69, 9.17) is 9.47 Å². The second-order valence-electron chi connectivity index (χ2n) is 3.25. The van der Waals surface area contributed by atoms with Gasteiger partial charge in [-0.1, -0.05) is 13.8 Å². The minimum Gasteiger partial charge on any atom is -0.347 e. The average molecular weight is 201 g/mol. The van der Waals surface area contributed by atoms with E-state index in [1.807, 2.05) is 13.8 Å². The van der Waals surface area contributed by atoms with Crippen molar-refractivity contribution >= 4 is 6.41 Å². The molecule has 0 radical (unpaired) electrons. The Morgan fingerprint density at radius 2 is 1.64 bits per heavy atom. The third kappa shape index (κ3) is 2.45. The maximum absolute atomic E-state index is 10.4. The largest absolute Gasteiger partial charge is 0.347 e. The number of rotatable bonds is 1. The Hall–Kier alpha value is -0.610. The quantitative estimate of drug-likeness (QED) is 0.594. The van der Waals surface area contributed by atoms with Gasteiger partial charge in [0.25, 0.3) is 0 Å². The van der Waals surface area contributed by atoms with Crippen molar-refractivity contribution in [3.05, 3.63) is 0 Å². The number of carbonyl (C=O) groups excluding carboxylic acids is 1. The van der Waals surface area contributed by atoms with Crippen molar-refractivity contribution in [3.63, 3.8) is 0 Å². The first-order chi connectivity index (χ1) is 6.85. The fourth-order valence-corrected chi connectivity index (χ4v) is 1.76. The molecule has 4 heteroatoms. The van der Waals surface area contributed by atoms with Crippen LogP contribution in [-0.2, 0) is 14.3 Å².